The molecule has 0 unspecified atom stereocenters. The number of nitrogens with zero attached hydrogens (tertiary/aromatic N) is 5. The van der Waals surface area contributed by atoms with Crippen LogP contribution in [-0.2, 0) is 19.5 Å². The lowest BCUT2D eigenvalue weighted by Crippen LogP contribution is -2.31. The molecule has 1 aliphatic heterocycles. The van der Waals surface area contributed by atoms with Gasteiger partial charge in [-0.25, -0.2) is 9.97 Å². The van der Waals surface area contributed by atoms with Gasteiger partial charge < -0.3 is 0 Å². The molecule has 114 valence electrons. The minimum Gasteiger partial charge on any atom is -0.291 e. The molecule has 5 nitrogen and oxygen atoms in total. The fraction of sp³-hybridized carbons (Fsp3) is 0.222. The van der Waals surface area contributed by atoms with E-state index in [-0.39, 0.29) is 0 Å². The average Bonchev–Trinajstić information content (AvgIpc) is 2.63. The van der Waals surface area contributed by atoms with Gasteiger partial charge in [-0.2, -0.15) is 0 Å². The quantitative estimate of drug-likeness (QED) is 0.744. The molecule has 0 saturated carbocycles. The molecule has 1 aliphatic rings. The Morgan fingerprint density at radius 2 is 2.00 bits per heavy atom. The Hall–Kier alpha value is -2.66. The molecule has 0 atom stereocenters. The molecule has 0 radical (unpaired) electrons. The first-order valence-electron chi connectivity index (χ1n) is 7.76. The summed E-state index contributed by atoms with van der Waals surface area (Å²) >= 11 is 0. The summed E-state index contributed by atoms with van der Waals surface area (Å²) in [6.45, 7) is 2.70. The predicted octanol–water partition coefficient (Wildman–Crippen LogP) is 2.49. The van der Waals surface area contributed by atoms with E-state index in [9.17, 15) is 0 Å². The summed E-state index contributed by atoms with van der Waals surface area (Å²) in [5, 5.41) is 0. The van der Waals surface area contributed by atoms with Crippen LogP contribution in [0.3, 0.4) is 0 Å². The van der Waals surface area contributed by atoms with Gasteiger partial charge in [0.15, 0.2) is 5.82 Å². The lowest BCUT2D eigenvalue weighted by atomic mass is 10.1. The van der Waals surface area contributed by atoms with Crippen LogP contribution in [-0.4, -0.2) is 31.4 Å². The van der Waals surface area contributed by atoms with Gasteiger partial charge >= 0.3 is 0 Å². The summed E-state index contributed by atoms with van der Waals surface area (Å²) in [7, 11) is 0. The molecule has 5 heteroatoms. The third-order valence-corrected chi connectivity index (χ3v) is 4.06. The van der Waals surface area contributed by atoms with Crippen LogP contribution in [0, 0.1) is 0 Å². The first-order chi connectivity index (χ1) is 11.4. The summed E-state index contributed by atoms with van der Waals surface area (Å²) in [5.41, 5.74) is 4.41. The SMILES string of the molecule is c1ccc(CN2CCc3cnc(-c4cccnc4)nc3C2)nc1. The zero-order valence-corrected chi connectivity index (χ0v) is 12.8. The Bertz CT molecular complexity index is 789. The highest BCUT2D eigenvalue weighted by Crippen LogP contribution is 2.21. The van der Waals surface area contributed by atoms with Gasteiger partial charge in [0.1, 0.15) is 0 Å². The third kappa shape index (κ3) is 3.10. The van der Waals surface area contributed by atoms with Crippen LogP contribution in [0.15, 0.2) is 55.1 Å². The van der Waals surface area contributed by atoms with Gasteiger partial charge in [0.2, 0.25) is 0 Å². The second-order valence-electron chi connectivity index (χ2n) is 5.69. The summed E-state index contributed by atoms with van der Waals surface area (Å²) in [6.07, 6.45) is 8.35. The van der Waals surface area contributed by atoms with E-state index in [1.54, 1.807) is 12.4 Å². The zero-order valence-electron chi connectivity index (χ0n) is 12.8. The highest BCUT2D eigenvalue weighted by molar-refractivity contribution is 5.53. The van der Waals surface area contributed by atoms with Crippen molar-refractivity contribution in [2.24, 2.45) is 0 Å². The minimum atomic E-state index is 0.747. The van der Waals surface area contributed by atoms with Crippen LogP contribution >= 0.6 is 0 Å². The summed E-state index contributed by atoms with van der Waals surface area (Å²) in [6, 6.07) is 9.94. The minimum absolute atomic E-state index is 0.747. The highest BCUT2D eigenvalue weighted by Gasteiger charge is 2.19. The monoisotopic (exact) mass is 303 g/mol. The average molecular weight is 303 g/mol. The van der Waals surface area contributed by atoms with Gasteiger partial charge in [-0.05, 0) is 36.2 Å². The van der Waals surface area contributed by atoms with E-state index in [1.807, 2.05) is 36.7 Å². The van der Waals surface area contributed by atoms with Crippen molar-refractivity contribution in [3.05, 3.63) is 72.1 Å². The molecule has 0 aromatic carbocycles. The molecule has 4 heterocycles. The van der Waals surface area contributed by atoms with Gasteiger partial charge in [0.25, 0.3) is 0 Å². The van der Waals surface area contributed by atoms with Crippen LogP contribution < -0.4 is 0 Å². The molecule has 3 aromatic heterocycles. The van der Waals surface area contributed by atoms with E-state index in [1.165, 1.54) is 5.56 Å². The van der Waals surface area contributed by atoms with E-state index >= 15 is 0 Å². The first kappa shape index (κ1) is 14.0. The normalized spacial score (nSPS) is 14.4. The van der Waals surface area contributed by atoms with Crippen molar-refractivity contribution in [2.75, 3.05) is 6.54 Å². The standard InChI is InChI=1S/C18H17N5/c1-2-8-20-16(5-1)12-23-9-6-14-11-21-18(22-17(14)13-23)15-4-3-7-19-10-15/h1-5,7-8,10-11H,6,9,12-13H2. The van der Waals surface area contributed by atoms with Crippen molar-refractivity contribution in [1.82, 2.24) is 24.8 Å². The molecule has 0 bridgehead atoms. The van der Waals surface area contributed by atoms with E-state index < -0.39 is 0 Å². The molecule has 0 fully saturated rings. The number of hydrogen-bond acceptors (Lipinski definition) is 5. The largest absolute Gasteiger partial charge is 0.291 e. The van der Waals surface area contributed by atoms with E-state index in [0.29, 0.717) is 0 Å². The van der Waals surface area contributed by atoms with E-state index in [2.05, 4.69) is 25.9 Å². The summed E-state index contributed by atoms with van der Waals surface area (Å²) in [4.78, 5) is 20.2. The number of rotatable bonds is 3. The summed E-state index contributed by atoms with van der Waals surface area (Å²) in [5.74, 6) is 0.747. The van der Waals surface area contributed by atoms with E-state index in [0.717, 1.165) is 48.8 Å². The van der Waals surface area contributed by atoms with Crippen LogP contribution in [0.5, 0.6) is 0 Å². The molecule has 0 saturated heterocycles. The highest BCUT2D eigenvalue weighted by atomic mass is 15.1. The van der Waals surface area contributed by atoms with Crippen LogP contribution in [0.4, 0.5) is 0 Å². The van der Waals surface area contributed by atoms with Crippen molar-refractivity contribution in [3.8, 4) is 11.4 Å². The molecule has 0 N–H and O–H groups in total. The molecular formula is C18H17N5. The molecule has 4 rings (SSSR count). The van der Waals surface area contributed by atoms with Crippen LogP contribution in [0.1, 0.15) is 17.0 Å². The smallest absolute Gasteiger partial charge is 0.160 e. The number of fused-ring (bicyclic) bond motifs is 1. The first-order valence-corrected chi connectivity index (χ1v) is 7.76. The van der Waals surface area contributed by atoms with Gasteiger partial charge in [-0.15, -0.1) is 0 Å². The Morgan fingerprint density at radius 3 is 2.83 bits per heavy atom. The zero-order chi connectivity index (χ0) is 15.5. The predicted molar refractivity (Wildman–Crippen MR) is 87.3 cm³/mol. The fourth-order valence-electron chi connectivity index (χ4n) is 2.85. The maximum Gasteiger partial charge on any atom is 0.160 e. The van der Waals surface area contributed by atoms with Crippen molar-refractivity contribution in [1.29, 1.82) is 0 Å². The second kappa shape index (κ2) is 6.22. The number of hydrogen-bond donors (Lipinski definition) is 0. The number of pyridine rings is 2. The van der Waals surface area contributed by atoms with Crippen molar-refractivity contribution in [3.63, 3.8) is 0 Å². The molecule has 23 heavy (non-hydrogen) atoms. The molecule has 0 amide bonds. The number of aromatic nitrogens is 4. The van der Waals surface area contributed by atoms with Crippen LogP contribution in [0.25, 0.3) is 11.4 Å². The van der Waals surface area contributed by atoms with Crippen molar-refractivity contribution in [2.45, 2.75) is 19.5 Å². The second-order valence-corrected chi connectivity index (χ2v) is 5.69. The Kier molecular flexibility index (Phi) is 3.78. The molecule has 3 aromatic rings. The van der Waals surface area contributed by atoms with Crippen LogP contribution in [0.2, 0.25) is 0 Å². The molecule has 0 aliphatic carbocycles. The molecular weight excluding hydrogens is 286 g/mol. The van der Waals surface area contributed by atoms with Gasteiger partial charge in [-0.1, -0.05) is 6.07 Å². The van der Waals surface area contributed by atoms with Gasteiger partial charge in [-0.3, -0.25) is 14.9 Å². The summed E-state index contributed by atoms with van der Waals surface area (Å²) < 4.78 is 0. The maximum atomic E-state index is 4.76. The topological polar surface area (TPSA) is 54.8 Å². The van der Waals surface area contributed by atoms with Gasteiger partial charge in [0.05, 0.1) is 11.4 Å². The lowest BCUT2D eigenvalue weighted by molar-refractivity contribution is 0.238. The Morgan fingerprint density at radius 1 is 1.00 bits per heavy atom. The van der Waals surface area contributed by atoms with Crippen molar-refractivity contribution < 1.29 is 0 Å². The third-order valence-electron chi connectivity index (χ3n) is 4.06. The Labute approximate surface area is 135 Å². The lowest BCUT2D eigenvalue weighted by Gasteiger charge is -2.27. The maximum absolute atomic E-state index is 4.76. The van der Waals surface area contributed by atoms with Crippen molar-refractivity contribution >= 4 is 0 Å². The molecule has 0 spiro atoms. The van der Waals surface area contributed by atoms with E-state index in [4.69, 9.17) is 4.98 Å². The fourth-order valence-corrected chi connectivity index (χ4v) is 2.85. The van der Waals surface area contributed by atoms with Gasteiger partial charge in [0, 0.05) is 50.0 Å². The Balaban J connectivity index is 1.56.